The second-order valence-electron chi connectivity index (χ2n) is 4.02. The van der Waals surface area contributed by atoms with Gasteiger partial charge in [0.05, 0.1) is 20.6 Å². The van der Waals surface area contributed by atoms with Crippen LogP contribution in [0.3, 0.4) is 0 Å². The van der Waals surface area contributed by atoms with E-state index in [1.807, 2.05) is 6.92 Å². The first-order valence-electron chi connectivity index (χ1n) is 5.43. The van der Waals surface area contributed by atoms with Gasteiger partial charge in [-0.2, -0.15) is 0 Å². The van der Waals surface area contributed by atoms with Gasteiger partial charge in [0.2, 0.25) is 0 Å². The first-order valence-corrected chi connectivity index (χ1v) is 7.67. The third kappa shape index (κ3) is 3.21. The highest BCUT2D eigenvalue weighted by Crippen LogP contribution is 2.31. The monoisotopic (exact) mass is 315 g/mol. The van der Waals surface area contributed by atoms with Gasteiger partial charge in [0, 0.05) is 0 Å². The highest BCUT2D eigenvalue weighted by Gasteiger charge is 2.16. The van der Waals surface area contributed by atoms with E-state index in [1.54, 1.807) is 30.3 Å². The summed E-state index contributed by atoms with van der Waals surface area (Å²) in [4.78, 5) is 0.175. The van der Waals surface area contributed by atoms with Crippen molar-refractivity contribution in [3.05, 3.63) is 58.1 Å². The van der Waals surface area contributed by atoms with Gasteiger partial charge in [0.25, 0.3) is 10.0 Å². The highest BCUT2D eigenvalue weighted by molar-refractivity contribution is 7.92. The summed E-state index contributed by atoms with van der Waals surface area (Å²) < 4.78 is 26.7. The van der Waals surface area contributed by atoms with Gasteiger partial charge in [-0.05, 0) is 31.2 Å². The molecular formula is C13H11Cl2NO2S. The van der Waals surface area contributed by atoms with E-state index < -0.39 is 10.0 Å². The number of hydrogen-bond acceptors (Lipinski definition) is 2. The van der Waals surface area contributed by atoms with Crippen LogP contribution in [0.25, 0.3) is 0 Å². The molecule has 0 aliphatic heterocycles. The second kappa shape index (κ2) is 5.41. The number of nitrogens with one attached hydrogen (secondary N) is 1. The summed E-state index contributed by atoms with van der Waals surface area (Å²) >= 11 is 11.8. The van der Waals surface area contributed by atoms with Crippen LogP contribution in [0.2, 0.25) is 10.0 Å². The molecule has 0 aromatic heterocycles. The Kier molecular flexibility index (Phi) is 4.04. The molecule has 100 valence electrons. The van der Waals surface area contributed by atoms with Crippen LogP contribution in [0.1, 0.15) is 5.56 Å². The van der Waals surface area contributed by atoms with Crippen LogP contribution in [0.5, 0.6) is 0 Å². The van der Waals surface area contributed by atoms with E-state index in [4.69, 9.17) is 23.2 Å². The third-order valence-electron chi connectivity index (χ3n) is 2.53. The Hall–Kier alpha value is -1.23. The zero-order chi connectivity index (χ0) is 14.0. The maximum Gasteiger partial charge on any atom is 0.261 e. The Balaban J connectivity index is 2.36. The molecule has 2 aromatic rings. The Bertz CT molecular complexity index is 697. The molecule has 0 saturated carbocycles. The van der Waals surface area contributed by atoms with Crippen LogP contribution in [0.15, 0.2) is 47.4 Å². The normalized spacial score (nSPS) is 11.3. The average Bonchev–Trinajstić information content (AvgIpc) is 2.35. The molecule has 6 heteroatoms. The summed E-state index contributed by atoms with van der Waals surface area (Å²) in [5.74, 6) is 0. The zero-order valence-corrected chi connectivity index (χ0v) is 12.4. The molecule has 0 amide bonds. The maximum atomic E-state index is 12.2. The van der Waals surface area contributed by atoms with Crippen molar-refractivity contribution < 1.29 is 8.42 Å². The molecule has 0 unspecified atom stereocenters. The van der Waals surface area contributed by atoms with Gasteiger partial charge in [-0.3, -0.25) is 4.72 Å². The quantitative estimate of drug-likeness (QED) is 0.926. The zero-order valence-electron chi connectivity index (χ0n) is 10.0. The molecule has 3 nitrogen and oxygen atoms in total. The summed E-state index contributed by atoms with van der Waals surface area (Å²) in [5, 5.41) is 0.477. The minimum Gasteiger partial charge on any atom is -0.278 e. The summed E-state index contributed by atoms with van der Waals surface area (Å²) in [6.45, 7) is 1.89. The van der Waals surface area contributed by atoms with Crippen molar-refractivity contribution in [1.82, 2.24) is 0 Å². The first-order chi connectivity index (χ1) is 8.90. The number of benzene rings is 2. The Morgan fingerprint density at radius 3 is 2.26 bits per heavy atom. The Morgan fingerprint density at radius 1 is 1.00 bits per heavy atom. The Morgan fingerprint density at radius 2 is 1.63 bits per heavy atom. The SMILES string of the molecule is Cc1ccc(S(=O)(=O)Nc2cccc(Cl)c2Cl)cc1. The molecular weight excluding hydrogens is 305 g/mol. The van der Waals surface area contributed by atoms with Crippen molar-refractivity contribution in [2.75, 3.05) is 4.72 Å². The molecule has 1 N–H and O–H groups in total. The molecule has 0 saturated heterocycles. The second-order valence-corrected chi connectivity index (χ2v) is 6.49. The van der Waals surface area contributed by atoms with Crippen molar-refractivity contribution in [3.8, 4) is 0 Å². The van der Waals surface area contributed by atoms with Gasteiger partial charge in [0.15, 0.2) is 0 Å². The maximum absolute atomic E-state index is 12.2. The van der Waals surface area contributed by atoms with Crippen LogP contribution in [-0.2, 0) is 10.0 Å². The van der Waals surface area contributed by atoms with E-state index in [0.717, 1.165) is 5.56 Å². The van der Waals surface area contributed by atoms with E-state index >= 15 is 0 Å². The van der Waals surface area contributed by atoms with E-state index in [9.17, 15) is 8.42 Å². The number of rotatable bonds is 3. The molecule has 0 radical (unpaired) electrons. The topological polar surface area (TPSA) is 46.2 Å². The van der Waals surface area contributed by atoms with Gasteiger partial charge in [-0.15, -0.1) is 0 Å². The summed E-state index contributed by atoms with van der Waals surface area (Å²) in [5.41, 5.74) is 1.24. The van der Waals surface area contributed by atoms with Crippen molar-refractivity contribution in [2.24, 2.45) is 0 Å². The molecule has 2 aromatic carbocycles. The van der Waals surface area contributed by atoms with E-state index in [1.165, 1.54) is 12.1 Å². The summed E-state index contributed by atoms with van der Waals surface area (Å²) in [7, 11) is -3.66. The van der Waals surface area contributed by atoms with Crippen LogP contribution in [0, 0.1) is 6.92 Å². The lowest BCUT2D eigenvalue weighted by Gasteiger charge is -2.10. The number of aryl methyl sites for hydroxylation is 1. The lowest BCUT2D eigenvalue weighted by atomic mass is 10.2. The van der Waals surface area contributed by atoms with Gasteiger partial charge in [0.1, 0.15) is 0 Å². The lowest BCUT2D eigenvalue weighted by molar-refractivity contribution is 0.601. The fraction of sp³-hybridized carbons (Fsp3) is 0.0769. The minimum absolute atomic E-state index is 0.175. The molecule has 0 aliphatic carbocycles. The van der Waals surface area contributed by atoms with Crippen molar-refractivity contribution in [1.29, 1.82) is 0 Å². The highest BCUT2D eigenvalue weighted by atomic mass is 35.5. The van der Waals surface area contributed by atoms with Crippen molar-refractivity contribution in [3.63, 3.8) is 0 Å². The number of halogens is 2. The van der Waals surface area contributed by atoms with E-state index in [0.29, 0.717) is 5.02 Å². The lowest BCUT2D eigenvalue weighted by Crippen LogP contribution is -2.13. The molecule has 0 atom stereocenters. The van der Waals surface area contributed by atoms with Crippen LogP contribution < -0.4 is 4.72 Å². The summed E-state index contributed by atoms with van der Waals surface area (Å²) in [6.07, 6.45) is 0. The Labute approximate surface area is 122 Å². The fourth-order valence-corrected chi connectivity index (χ4v) is 2.98. The first kappa shape index (κ1) is 14.2. The van der Waals surface area contributed by atoms with Gasteiger partial charge in [-0.25, -0.2) is 8.42 Å². The molecule has 0 aliphatic rings. The van der Waals surface area contributed by atoms with Gasteiger partial charge >= 0.3 is 0 Å². The number of hydrogen-bond donors (Lipinski definition) is 1. The van der Waals surface area contributed by atoms with Crippen molar-refractivity contribution in [2.45, 2.75) is 11.8 Å². The van der Waals surface area contributed by atoms with E-state index in [2.05, 4.69) is 4.72 Å². The number of sulfonamides is 1. The predicted octanol–water partition coefficient (Wildman–Crippen LogP) is 4.10. The van der Waals surface area contributed by atoms with E-state index in [-0.39, 0.29) is 15.6 Å². The smallest absolute Gasteiger partial charge is 0.261 e. The van der Waals surface area contributed by atoms with Crippen LogP contribution >= 0.6 is 23.2 Å². The molecule has 0 bridgehead atoms. The van der Waals surface area contributed by atoms with Crippen LogP contribution in [0.4, 0.5) is 5.69 Å². The van der Waals surface area contributed by atoms with Crippen LogP contribution in [-0.4, -0.2) is 8.42 Å². The molecule has 0 spiro atoms. The standard InChI is InChI=1S/C13H11Cl2NO2S/c1-9-5-7-10(8-6-9)19(17,18)16-12-4-2-3-11(14)13(12)15/h2-8,16H,1H3. The molecule has 0 heterocycles. The largest absolute Gasteiger partial charge is 0.278 e. The average molecular weight is 316 g/mol. The van der Waals surface area contributed by atoms with Crippen molar-refractivity contribution >= 4 is 38.9 Å². The third-order valence-corrected chi connectivity index (χ3v) is 4.73. The summed E-state index contributed by atoms with van der Waals surface area (Å²) in [6, 6.07) is 11.3. The molecule has 2 rings (SSSR count). The fourth-order valence-electron chi connectivity index (χ4n) is 1.50. The van der Waals surface area contributed by atoms with Gasteiger partial charge < -0.3 is 0 Å². The number of anilines is 1. The predicted molar refractivity (Wildman–Crippen MR) is 78.4 cm³/mol. The molecule has 0 fully saturated rings. The molecule has 19 heavy (non-hydrogen) atoms. The van der Waals surface area contributed by atoms with Gasteiger partial charge in [-0.1, -0.05) is 47.0 Å². The minimum atomic E-state index is -3.66.